The molecule has 0 saturated carbocycles. The van der Waals surface area contributed by atoms with Crippen LogP contribution < -0.4 is 4.90 Å². The molecule has 3 aromatic rings. The summed E-state index contributed by atoms with van der Waals surface area (Å²) in [6, 6.07) is 10.1. The minimum Gasteiger partial charge on any atom is -0.466 e. The second kappa shape index (κ2) is 10.2. The van der Waals surface area contributed by atoms with Crippen LogP contribution in [0, 0.1) is 25.7 Å². The van der Waals surface area contributed by atoms with Crippen molar-refractivity contribution in [1.82, 2.24) is 24.9 Å². The molecule has 1 atom stereocenters. The van der Waals surface area contributed by atoms with Gasteiger partial charge in [0.15, 0.2) is 5.82 Å². The number of aromatic nitrogens is 4. The van der Waals surface area contributed by atoms with Gasteiger partial charge in [0.25, 0.3) is 0 Å². The zero-order valence-corrected chi connectivity index (χ0v) is 21.3. The summed E-state index contributed by atoms with van der Waals surface area (Å²) >= 11 is 0. The number of para-hydroxylation sites is 1. The third kappa shape index (κ3) is 4.54. The maximum absolute atomic E-state index is 13.3. The number of aryl methyl sites for hydroxylation is 2. The zero-order valence-electron chi connectivity index (χ0n) is 21.3. The van der Waals surface area contributed by atoms with Crippen LogP contribution in [0.25, 0.3) is 16.6 Å². The summed E-state index contributed by atoms with van der Waals surface area (Å²) in [6.07, 6.45) is 3.12. The molecule has 2 fully saturated rings. The monoisotopic (exact) mass is 490 g/mol. The lowest BCUT2D eigenvalue weighted by Gasteiger charge is -2.37. The van der Waals surface area contributed by atoms with E-state index in [0.717, 1.165) is 79.1 Å². The number of rotatable bonds is 5. The van der Waals surface area contributed by atoms with E-state index in [0.29, 0.717) is 13.2 Å². The summed E-state index contributed by atoms with van der Waals surface area (Å²) < 4.78 is 7.15. The average Bonchev–Trinajstić information content (AvgIpc) is 3.27. The van der Waals surface area contributed by atoms with Gasteiger partial charge in [0.05, 0.1) is 35.0 Å². The maximum atomic E-state index is 13.3. The second-order valence-electron chi connectivity index (χ2n) is 9.80. The van der Waals surface area contributed by atoms with Crippen molar-refractivity contribution in [2.45, 2.75) is 46.5 Å². The lowest BCUT2D eigenvalue weighted by Crippen LogP contribution is -2.47. The minimum absolute atomic E-state index is 0.0419. The maximum Gasteiger partial charge on any atom is 0.310 e. The number of carbonyl (C=O) groups is 2. The van der Waals surface area contributed by atoms with Crippen LogP contribution in [0.3, 0.4) is 0 Å². The van der Waals surface area contributed by atoms with E-state index in [-0.39, 0.29) is 23.7 Å². The molecule has 2 aromatic heterocycles. The first-order valence-electron chi connectivity index (χ1n) is 13.0. The molecule has 2 aliphatic rings. The molecule has 4 heterocycles. The number of fused-ring (bicyclic) bond motifs is 1. The van der Waals surface area contributed by atoms with E-state index in [9.17, 15) is 9.59 Å². The lowest BCUT2D eigenvalue weighted by atomic mass is 9.92. The van der Waals surface area contributed by atoms with Crippen molar-refractivity contribution in [3.63, 3.8) is 0 Å². The molecule has 9 nitrogen and oxygen atoms in total. The third-order valence-electron chi connectivity index (χ3n) is 7.48. The minimum atomic E-state index is -0.207. The van der Waals surface area contributed by atoms with Gasteiger partial charge < -0.3 is 14.5 Å². The molecular weight excluding hydrogens is 456 g/mol. The number of likely N-dealkylation sites (tertiary alicyclic amines) is 1. The van der Waals surface area contributed by atoms with Gasteiger partial charge in [-0.15, -0.1) is 5.10 Å². The molecule has 0 bridgehead atoms. The van der Waals surface area contributed by atoms with Gasteiger partial charge in [0, 0.05) is 32.1 Å². The largest absolute Gasteiger partial charge is 0.466 e. The molecule has 9 heteroatoms. The Bertz CT molecular complexity index is 1250. The number of hydrogen-bond donors (Lipinski definition) is 0. The molecule has 1 aromatic carbocycles. The van der Waals surface area contributed by atoms with Gasteiger partial charge >= 0.3 is 5.97 Å². The van der Waals surface area contributed by atoms with E-state index >= 15 is 0 Å². The summed E-state index contributed by atoms with van der Waals surface area (Å²) in [5, 5.41) is 15.0. The topological polar surface area (TPSA) is 93.5 Å². The van der Waals surface area contributed by atoms with Crippen LogP contribution in [0.2, 0.25) is 0 Å². The van der Waals surface area contributed by atoms with Crippen LogP contribution in [-0.4, -0.2) is 69.5 Å². The molecule has 190 valence electrons. The van der Waals surface area contributed by atoms with Gasteiger partial charge in [-0.05, 0) is 58.6 Å². The highest BCUT2D eigenvalue weighted by molar-refractivity contribution is 5.92. The summed E-state index contributed by atoms with van der Waals surface area (Å²) in [6.45, 7) is 8.85. The van der Waals surface area contributed by atoms with Crippen LogP contribution in [-0.2, 0) is 14.3 Å². The van der Waals surface area contributed by atoms with Crippen molar-refractivity contribution in [3.8, 4) is 5.69 Å². The molecule has 0 unspecified atom stereocenters. The lowest BCUT2D eigenvalue weighted by molar-refractivity contribution is -0.152. The smallest absolute Gasteiger partial charge is 0.310 e. The van der Waals surface area contributed by atoms with Gasteiger partial charge in [-0.1, -0.05) is 18.2 Å². The van der Waals surface area contributed by atoms with Crippen LogP contribution in [0.5, 0.6) is 0 Å². The number of hydrogen-bond acceptors (Lipinski definition) is 7. The van der Waals surface area contributed by atoms with Gasteiger partial charge in [0.2, 0.25) is 5.91 Å². The molecule has 0 N–H and O–H groups in total. The molecule has 36 heavy (non-hydrogen) atoms. The number of piperidine rings is 2. The standard InChI is InChI=1S/C27H34N6O3/c1-4-36-27(35)21-9-8-14-32(17-21)26(34)20-12-15-31(16-13-20)25-24-23(18(2)28-29-25)19(3)33(30-24)22-10-6-5-7-11-22/h5-7,10-11,20-21H,4,8-9,12-17H2,1-3H3/t21-/m0/s1. The Morgan fingerprint density at radius 2 is 1.75 bits per heavy atom. The quantitative estimate of drug-likeness (QED) is 0.506. The van der Waals surface area contributed by atoms with Crippen molar-refractivity contribution < 1.29 is 14.3 Å². The SMILES string of the molecule is CCOC(=O)[C@H]1CCCN(C(=O)C2CCN(c3nnc(C)c4c(C)n(-c5ccccc5)nc34)CC2)C1. The van der Waals surface area contributed by atoms with Crippen molar-refractivity contribution in [2.24, 2.45) is 11.8 Å². The molecule has 1 amide bonds. The summed E-state index contributed by atoms with van der Waals surface area (Å²) in [7, 11) is 0. The van der Waals surface area contributed by atoms with E-state index in [4.69, 9.17) is 9.84 Å². The Hall–Kier alpha value is -3.49. The number of amides is 1. The molecule has 2 saturated heterocycles. The molecule has 5 rings (SSSR count). The summed E-state index contributed by atoms with van der Waals surface area (Å²) in [4.78, 5) is 29.6. The molecule has 0 aliphatic carbocycles. The Labute approximate surface area is 211 Å². The van der Waals surface area contributed by atoms with Gasteiger partial charge in [-0.2, -0.15) is 10.2 Å². The molecule has 2 aliphatic heterocycles. The van der Waals surface area contributed by atoms with E-state index in [1.54, 1.807) is 0 Å². The Morgan fingerprint density at radius 3 is 2.47 bits per heavy atom. The Balaban J connectivity index is 1.31. The van der Waals surface area contributed by atoms with E-state index in [1.807, 2.05) is 53.8 Å². The van der Waals surface area contributed by atoms with Gasteiger partial charge in [0.1, 0.15) is 5.52 Å². The number of carbonyl (C=O) groups excluding carboxylic acids is 2. The Kier molecular flexibility index (Phi) is 6.89. The number of esters is 1. The molecule has 0 spiro atoms. The predicted molar refractivity (Wildman–Crippen MR) is 137 cm³/mol. The van der Waals surface area contributed by atoms with Crippen LogP contribution >= 0.6 is 0 Å². The molecule has 0 radical (unpaired) electrons. The predicted octanol–water partition coefficient (Wildman–Crippen LogP) is 3.45. The number of ether oxygens (including phenoxy) is 1. The highest BCUT2D eigenvalue weighted by atomic mass is 16.5. The summed E-state index contributed by atoms with van der Waals surface area (Å²) in [5.41, 5.74) is 3.75. The van der Waals surface area contributed by atoms with Crippen LogP contribution in [0.4, 0.5) is 5.82 Å². The first-order chi connectivity index (χ1) is 17.5. The fraction of sp³-hybridized carbons (Fsp3) is 0.519. The fourth-order valence-corrected chi connectivity index (χ4v) is 5.57. The van der Waals surface area contributed by atoms with Crippen LogP contribution in [0.1, 0.15) is 44.0 Å². The normalized spacial score (nSPS) is 19.0. The second-order valence-corrected chi connectivity index (χ2v) is 9.80. The Morgan fingerprint density at radius 1 is 1.00 bits per heavy atom. The highest BCUT2D eigenvalue weighted by Crippen LogP contribution is 2.32. The van der Waals surface area contributed by atoms with E-state index < -0.39 is 0 Å². The first kappa shape index (κ1) is 24.2. The number of benzene rings is 1. The summed E-state index contributed by atoms with van der Waals surface area (Å²) in [5.74, 6) is 0.506. The van der Waals surface area contributed by atoms with E-state index in [1.165, 1.54) is 0 Å². The van der Waals surface area contributed by atoms with Gasteiger partial charge in [-0.25, -0.2) is 4.68 Å². The van der Waals surface area contributed by atoms with Crippen LogP contribution in [0.15, 0.2) is 30.3 Å². The van der Waals surface area contributed by atoms with Crippen molar-refractivity contribution >= 4 is 28.6 Å². The molecular formula is C27H34N6O3. The first-order valence-corrected chi connectivity index (χ1v) is 13.0. The fourth-order valence-electron chi connectivity index (χ4n) is 5.57. The van der Waals surface area contributed by atoms with Gasteiger partial charge in [-0.3, -0.25) is 9.59 Å². The third-order valence-corrected chi connectivity index (χ3v) is 7.48. The van der Waals surface area contributed by atoms with Crippen molar-refractivity contribution in [1.29, 1.82) is 0 Å². The van der Waals surface area contributed by atoms with Crippen molar-refractivity contribution in [2.75, 3.05) is 37.7 Å². The highest BCUT2D eigenvalue weighted by Gasteiger charge is 2.34. The number of nitrogens with zero attached hydrogens (tertiary/aromatic N) is 6. The number of anilines is 1. The zero-order chi connectivity index (χ0) is 25.2. The van der Waals surface area contributed by atoms with E-state index in [2.05, 4.69) is 22.0 Å². The van der Waals surface area contributed by atoms with Crippen molar-refractivity contribution in [3.05, 3.63) is 41.7 Å². The average molecular weight is 491 g/mol.